The lowest BCUT2D eigenvalue weighted by Gasteiger charge is -2.21. The lowest BCUT2D eigenvalue weighted by molar-refractivity contribution is -0.117. The van der Waals surface area contributed by atoms with Gasteiger partial charge < -0.3 is 15.6 Å². The summed E-state index contributed by atoms with van der Waals surface area (Å²) in [6.07, 6.45) is 10.1. The number of nitrogens with one attached hydrogen (secondary N) is 5. The number of halogens is 1. The van der Waals surface area contributed by atoms with Crippen molar-refractivity contribution in [1.29, 1.82) is 0 Å². The summed E-state index contributed by atoms with van der Waals surface area (Å²) in [6.45, 7) is 1.82. The summed E-state index contributed by atoms with van der Waals surface area (Å²) in [5, 5.41) is 14.5. The first-order valence-corrected chi connectivity index (χ1v) is 17.0. The minimum absolute atomic E-state index is 0.0331. The monoisotopic (exact) mass is 654 g/mol. The molecule has 0 atom stereocenters. The molecule has 240 valence electrons. The zero-order chi connectivity index (χ0) is 32.5. The Morgan fingerprint density at radius 1 is 1.04 bits per heavy atom. The SMILES string of the molecule is CS(=O)(=O)NCc1cc(F)cc(-c2ccnc3[nH]c(-c4n[nH]c5cnc(-c6cncc(NC(=O)CC7CCNCC7)c6)cc45)nc23)c1. The van der Waals surface area contributed by atoms with E-state index in [1.165, 1.54) is 12.1 Å². The number of rotatable bonds is 9. The van der Waals surface area contributed by atoms with Crippen LogP contribution >= 0.6 is 0 Å². The molecule has 0 bridgehead atoms. The van der Waals surface area contributed by atoms with Gasteiger partial charge in [0.05, 0.1) is 35.5 Å². The molecule has 0 unspecified atom stereocenters. The van der Waals surface area contributed by atoms with Crippen molar-refractivity contribution in [2.45, 2.75) is 25.8 Å². The number of H-pyrrole nitrogens is 2. The van der Waals surface area contributed by atoms with Gasteiger partial charge in [0, 0.05) is 41.9 Å². The molecule has 1 fully saturated rings. The summed E-state index contributed by atoms with van der Waals surface area (Å²) in [4.78, 5) is 34.1. The highest BCUT2D eigenvalue weighted by Gasteiger charge is 2.19. The number of aromatic nitrogens is 7. The van der Waals surface area contributed by atoms with E-state index in [0.29, 0.717) is 68.6 Å². The quantitative estimate of drug-likeness (QED) is 0.153. The standard InChI is InChI=1S/C32H31FN10O3S/c1-47(45,46)38-14-19-8-20(11-22(33)9-19)24-4-7-36-31-29(24)40-32(41-31)30-25-13-26(37-17-27(25)42-43-30)21-12-23(16-35-15-21)39-28(44)10-18-2-5-34-6-3-18/h4,7-9,11-13,15-18,34,38H,2-3,5-6,10,14H2,1H3,(H,39,44)(H,42,43)(H,36,40,41). The number of amides is 1. The predicted octanol–water partition coefficient (Wildman–Crippen LogP) is 4.14. The van der Waals surface area contributed by atoms with Gasteiger partial charge >= 0.3 is 0 Å². The maximum absolute atomic E-state index is 14.6. The Kier molecular flexibility index (Phi) is 8.17. The number of hydrogen-bond donors (Lipinski definition) is 5. The molecule has 1 aliphatic heterocycles. The molecule has 1 amide bonds. The minimum atomic E-state index is -3.46. The highest BCUT2D eigenvalue weighted by molar-refractivity contribution is 7.88. The summed E-state index contributed by atoms with van der Waals surface area (Å²) >= 11 is 0. The fourth-order valence-electron chi connectivity index (χ4n) is 5.84. The van der Waals surface area contributed by atoms with Gasteiger partial charge in [0.2, 0.25) is 15.9 Å². The van der Waals surface area contributed by atoms with Crippen LogP contribution in [0.25, 0.3) is 56.0 Å². The molecule has 47 heavy (non-hydrogen) atoms. The first-order valence-electron chi connectivity index (χ1n) is 15.1. The van der Waals surface area contributed by atoms with Crippen LogP contribution in [-0.2, 0) is 21.4 Å². The van der Waals surface area contributed by atoms with E-state index in [0.717, 1.165) is 43.1 Å². The zero-order valence-electron chi connectivity index (χ0n) is 25.3. The Labute approximate surface area is 268 Å². The molecular formula is C32H31FN10O3S. The van der Waals surface area contributed by atoms with Crippen LogP contribution in [-0.4, -0.2) is 68.8 Å². The van der Waals surface area contributed by atoms with E-state index in [1.807, 2.05) is 12.1 Å². The summed E-state index contributed by atoms with van der Waals surface area (Å²) in [5.74, 6) is 0.271. The molecule has 7 rings (SSSR count). The predicted molar refractivity (Wildman–Crippen MR) is 176 cm³/mol. The smallest absolute Gasteiger partial charge is 0.224 e. The highest BCUT2D eigenvalue weighted by Crippen LogP contribution is 2.33. The number of anilines is 1. The maximum Gasteiger partial charge on any atom is 0.224 e. The molecule has 15 heteroatoms. The van der Waals surface area contributed by atoms with Gasteiger partial charge in [-0.15, -0.1) is 0 Å². The van der Waals surface area contributed by atoms with Crippen LogP contribution in [0.15, 0.2) is 61.2 Å². The number of hydrogen-bond acceptors (Lipinski definition) is 9. The molecule has 1 aliphatic rings. The molecule has 5 aromatic heterocycles. The zero-order valence-corrected chi connectivity index (χ0v) is 26.2. The Balaban J connectivity index is 1.18. The lowest BCUT2D eigenvalue weighted by atomic mass is 9.94. The largest absolute Gasteiger partial charge is 0.325 e. The molecule has 5 N–H and O–H groups in total. The molecule has 13 nitrogen and oxygen atoms in total. The van der Waals surface area contributed by atoms with Crippen molar-refractivity contribution in [1.82, 2.24) is 45.2 Å². The van der Waals surface area contributed by atoms with Crippen molar-refractivity contribution in [2.75, 3.05) is 24.7 Å². The average molecular weight is 655 g/mol. The molecule has 1 saturated heterocycles. The summed E-state index contributed by atoms with van der Waals surface area (Å²) in [5.41, 5.74) is 5.74. The molecule has 0 radical (unpaired) electrons. The van der Waals surface area contributed by atoms with Gasteiger partial charge in [0.25, 0.3) is 0 Å². The van der Waals surface area contributed by atoms with E-state index in [9.17, 15) is 17.6 Å². The van der Waals surface area contributed by atoms with Crippen LogP contribution in [0.4, 0.5) is 10.1 Å². The number of piperidine rings is 1. The highest BCUT2D eigenvalue weighted by atomic mass is 32.2. The van der Waals surface area contributed by atoms with Crippen molar-refractivity contribution in [2.24, 2.45) is 5.92 Å². The first-order chi connectivity index (χ1) is 22.7. The molecule has 0 aliphatic carbocycles. The van der Waals surface area contributed by atoms with Crippen LogP contribution in [0.3, 0.4) is 0 Å². The van der Waals surface area contributed by atoms with E-state index >= 15 is 0 Å². The van der Waals surface area contributed by atoms with E-state index in [4.69, 9.17) is 4.98 Å². The van der Waals surface area contributed by atoms with Crippen LogP contribution in [0.1, 0.15) is 24.8 Å². The summed E-state index contributed by atoms with van der Waals surface area (Å²) in [7, 11) is -3.46. The molecule has 0 saturated carbocycles. The van der Waals surface area contributed by atoms with Crippen molar-refractivity contribution in [3.8, 4) is 33.9 Å². The fourth-order valence-corrected chi connectivity index (χ4v) is 6.27. The van der Waals surface area contributed by atoms with Gasteiger partial charge in [0.15, 0.2) is 11.5 Å². The Hall–Kier alpha value is -5.12. The van der Waals surface area contributed by atoms with Crippen LogP contribution in [0, 0.1) is 11.7 Å². The van der Waals surface area contributed by atoms with E-state index < -0.39 is 15.8 Å². The molecule has 6 aromatic rings. The number of carbonyl (C=O) groups is 1. The summed E-state index contributed by atoms with van der Waals surface area (Å²) in [6, 6.07) is 9.81. The number of nitrogens with zero attached hydrogens (tertiary/aromatic N) is 5. The van der Waals surface area contributed by atoms with Gasteiger partial charge in [-0.1, -0.05) is 0 Å². The molecular weight excluding hydrogens is 623 g/mol. The van der Waals surface area contributed by atoms with Crippen molar-refractivity contribution < 1.29 is 17.6 Å². The third-order valence-corrected chi connectivity index (χ3v) is 8.78. The number of fused-ring (bicyclic) bond motifs is 2. The second kappa shape index (κ2) is 12.6. The third-order valence-electron chi connectivity index (χ3n) is 8.11. The summed E-state index contributed by atoms with van der Waals surface area (Å²) < 4.78 is 40.2. The molecule has 0 spiro atoms. The Morgan fingerprint density at radius 3 is 2.72 bits per heavy atom. The second-order valence-electron chi connectivity index (χ2n) is 11.7. The van der Waals surface area contributed by atoms with Crippen molar-refractivity contribution >= 4 is 43.7 Å². The van der Waals surface area contributed by atoms with Crippen LogP contribution in [0.5, 0.6) is 0 Å². The van der Waals surface area contributed by atoms with Crippen LogP contribution < -0.4 is 15.4 Å². The van der Waals surface area contributed by atoms with Crippen molar-refractivity contribution in [3.63, 3.8) is 0 Å². The second-order valence-corrected chi connectivity index (χ2v) is 13.5. The Bertz CT molecular complexity index is 2230. The van der Waals surface area contributed by atoms with Crippen LogP contribution in [0.2, 0.25) is 0 Å². The average Bonchev–Trinajstić information content (AvgIpc) is 3.68. The third kappa shape index (κ3) is 6.86. The Morgan fingerprint density at radius 2 is 1.89 bits per heavy atom. The van der Waals surface area contributed by atoms with Gasteiger partial charge in [-0.25, -0.2) is 27.5 Å². The number of pyridine rings is 3. The number of imidazole rings is 1. The van der Waals surface area contributed by atoms with Crippen molar-refractivity contribution in [3.05, 3.63) is 72.6 Å². The van der Waals surface area contributed by atoms with Gasteiger partial charge in [-0.2, -0.15) is 5.10 Å². The van der Waals surface area contributed by atoms with Gasteiger partial charge in [-0.3, -0.25) is 19.9 Å². The van der Waals surface area contributed by atoms with Gasteiger partial charge in [0.1, 0.15) is 17.0 Å². The van der Waals surface area contributed by atoms with E-state index in [2.05, 4.69) is 45.5 Å². The topological polar surface area (TPSA) is 183 Å². The number of benzene rings is 1. The minimum Gasteiger partial charge on any atom is -0.325 e. The fraction of sp³-hybridized carbons (Fsp3) is 0.250. The lowest BCUT2D eigenvalue weighted by Crippen LogP contribution is -2.30. The number of carbonyl (C=O) groups excluding carboxylic acids is 1. The first kappa shape index (κ1) is 30.5. The number of aromatic amines is 2. The van der Waals surface area contributed by atoms with E-state index in [-0.39, 0.29) is 12.5 Å². The van der Waals surface area contributed by atoms with Gasteiger partial charge in [-0.05, 0) is 79.4 Å². The number of sulfonamides is 1. The molecule has 1 aromatic carbocycles. The molecule has 6 heterocycles. The normalized spacial score (nSPS) is 14.2. The van der Waals surface area contributed by atoms with E-state index in [1.54, 1.807) is 36.9 Å². The maximum atomic E-state index is 14.6.